The minimum absolute atomic E-state index is 0.0588. The maximum absolute atomic E-state index is 11.9. The van der Waals surface area contributed by atoms with Gasteiger partial charge in [-0.3, -0.25) is 4.79 Å². The van der Waals surface area contributed by atoms with E-state index in [0.29, 0.717) is 44.2 Å². The second-order valence-electron chi connectivity index (χ2n) is 6.10. The Hall–Kier alpha value is -2.04. The maximum atomic E-state index is 11.9. The lowest BCUT2D eigenvalue weighted by molar-refractivity contribution is -0.117. The zero-order valence-corrected chi connectivity index (χ0v) is 14.4. The molecule has 0 aliphatic heterocycles. The summed E-state index contributed by atoms with van der Waals surface area (Å²) in [5.41, 5.74) is 3.09. The van der Waals surface area contributed by atoms with E-state index in [0.717, 1.165) is 16.8 Å². The van der Waals surface area contributed by atoms with Crippen molar-refractivity contribution in [3.63, 3.8) is 0 Å². The van der Waals surface area contributed by atoms with Crippen LogP contribution in [0.2, 0.25) is 0 Å². The van der Waals surface area contributed by atoms with Crippen molar-refractivity contribution < 1.29 is 19.2 Å². The van der Waals surface area contributed by atoms with Gasteiger partial charge in [-0.05, 0) is 51.2 Å². The Bertz CT molecular complexity index is 625. The van der Waals surface area contributed by atoms with Gasteiger partial charge in [0.1, 0.15) is 17.3 Å². The molecule has 0 saturated carbocycles. The maximum Gasteiger partial charge on any atom is 0.176 e. The quantitative estimate of drug-likeness (QED) is 0.672. The Balaban J connectivity index is 3.22. The van der Waals surface area contributed by atoms with Gasteiger partial charge in [-0.15, -0.1) is 0 Å². The molecule has 0 atom stereocenters. The molecule has 1 aromatic heterocycles. The number of aromatic amines is 1. The van der Waals surface area contributed by atoms with Crippen LogP contribution >= 0.6 is 0 Å². The minimum Gasteiger partial charge on any atom is -0.356 e. The summed E-state index contributed by atoms with van der Waals surface area (Å²) >= 11 is 0. The number of ketones is 4. The van der Waals surface area contributed by atoms with Crippen molar-refractivity contribution in [3.05, 3.63) is 22.5 Å². The largest absolute Gasteiger partial charge is 0.356 e. The molecule has 0 amide bonds. The van der Waals surface area contributed by atoms with E-state index in [9.17, 15) is 19.2 Å². The van der Waals surface area contributed by atoms with Crippen LogP contribution < -0.4 is 0 Å². The van der Waals surface area contributed by atoms with Crippen LogP contribution in [0.15, 0.2) is 0 Å². The van der Waals surface area contributed by atoms with E-state index >= 15 is 0 Å². The molecule has 0 fully saturated rings. The van der Waals surface area contributed by atoms with E-state index in [4.69, 9.17) is 0 Å². The Morgan fingerprint density at radius 1 is 0.696 bits per heavy atom. The van der Waals surface area contributed by atoms with Crippen LogP contribution in [0.1, 0.15) is 74.3 Å². The van der Waals surface area contributed by atoms with Gasteiger partial charge in [0.2, 0.25) is 0 Å². The van der Waals surface area contributed by atoms with Crippen LogP contribution in [-0.4, -0.2) is 28.1 Å². The third-order valence-electron chi connectivity index (χ3n) is 3.84. The van der Waals surface area contributed by atoms with E-state index in [1.807, 2.05) is 0 Å². The summed E-state index contributed by atoms with van der Waals surface area (Å²) < 4.78 is 0. The second kappa shape index (κ2) is 8.56. The predicted molar refractivity (Wildman–Crippen MR) is 87.8 cm³/mol. The highest BCUT2D eigenvalue weighted by atomic mass is 16.1. The first-order chi connectivity index (χ1) is 10.7. The van der Waals surface area contributed by atoms with Gasteiger partial charge in [-0.1, -0.05) is 0 Å². The highest BCUT2D eigenvalue weighted by Crippen LogP contribution is 2.25. The zero-order chi connectivity index (χ0) is 17.6. The summed E-state index contributed by atoms with van der Waals surface area (Å²) in [6.45, 7) is 6.06. The summed E-state index contributed by atoms with van der Waals surface area (Å²) in [6.07, 6.45) is 2.65. The van der Waals surface area contributed by atoms with E-state index in [2.05, 4.69) is 4.98 Å². The smallest absolute Gasteiger partial charge is 0.176 e. The number of aryl methyl sites for hydroxylation is 1. The predicted octanol–water partition coefficient (Wildman–Crippen LogP) is 2.78. The first-order valence-corrected chi connectivity index (χ1v) is 7.94. The monoisotopic (exact) mass is 319 g/mol. The number of nitrogens with one attached hydrogen (secondary N) is 1. The molecule has 0 spiro atoms. The van der Waals surface area contributed by atoms with Gasteiger partial charge in [0.15, 0.2) is 5.78 Å². The summed E-state index contributed by atoms with van der Waals surface area (Å²) in [5.74, 6) is 0.114. The average molecular weight is 319 g/mol. The van der Waals surface area contributed by atoms with Gasteiger partial charge in [0, 0.05) is 31.9 Å². The lowest BCUT2D eigenvalue weighted by Gasteiger charge is -2.07. The molecule has 1 aromatic rings. The lowest BCUT2D eigenvalue weighted by atomic mass is 9.95. The number of carbonyl (C=O) groups excluding carboxylic acids is 4. The van der Waals surface area contributed by atoms with Crippen LogP contribution in [0.4, 0.5) is 0 Å². The van der Waals surface area contributed by atoms with Gasteiger partial charge in [0.25, 0.3) is 0 Å². The molecule has 5 nitrogen and oxygen atoms in total. The first kappa shape index (κ1) is 19.0. The Morgan fingerprint density at radius 3 is 1.57 bits per heavy atom. The van der Waals surface area contributed by atoms with E-state index in [1.54, 1.807) is 0 Å². The molecular formula is C18H25NO4. The highest BCUT2D eigenvalue weighted by molar-refractivity contribution is 5.94. The van der Waals surface area contributed by atoms with Crippen molar-refractivity contribution in [2.24, 2.45) is 0 Å². The Kier molecular flexibility index (Phi) is 7.07. The Labute approximate surface area is 136 Å². The van der Waals surface area contributed by atoms with Crippen molar-refractivity contribution in [3.8, 4) is 0 Å². The van der Waals surface area contributed by atoms with Gasteiger partial charge in [-0.2, -0.15) is 0 Å². The molecular weight excluding hydrogens is 294 g/mol. The van der Waals surface area contributed by atoms with Crippen molar-refractivity contribution >= 4 is 23.1 Å². The first-order valence-electron chi connectivity index (χ1n) is 7.94. The van der Waals surface area contributed by atoms with Crippen LogP contribution in [0.25, 0.3) is 0 Å². The fourth-order valence-corrected chi connectivity index (χ4v) is 2.63. The van der Waals surface area contributed by atoms with Crippen molar-refractivity contribution in [1.82, 2.24) is 4.98 Å². The summed E-state index contributed by atoms with van der Waals surface area (Å²) in [7, 11) is 0. The van der Waals surface area contributed by atoms with E-state index in [-0.39, 0.29) is 23.1 Å². The SMILES string of the molecule is CC(=O)CCc1[nH]c(C(C)=O)c(CCC(C)=O)c1CCC(C)=O. The molecule has 1 heterocycles. The van der Waals surface area contributed by atoms with Crippen molar-refractivity contribution in [2.45, 2.75) is 66.2 Å². The molecule has 1 rings (SSSR count). The minimum atomic E-state index is -0.0956. The van der Waals surface area contributed by atoms with Crippen LogP contribution in [0, 0.1) is 0 Å². The molecule has 0 radical (unpaired) electrons. The standard InChI is InChI=1S/C18H25NO4/c1-11(20)5-8-15-16(9-6-12(2)21)18(14(4)23)19-17(15)10-7-13(3)22/h19H,5-10H2,1-4H3. The number of hydrogen-bond acceptors (Lipinski definition) is 4. The molecule has 0 saturated heterocycles. The van der Waals surface area contributed by atoms with Gasteiger partial charge in [-0.25, -0.2) is 0 Å². The third kappa shape index (κ3) is 5.93. The second-order valence-corrected chi connectivity index (χ2v) is 6.10. The van der Waals surface area contributed by atoms with Crippen LogP contribution in [-0.2, 0) is 33.6 Å². The highest BCUT2D eigenvalue weighted by Gasteiger charge is 2.20. The van der Waals surface area contributed by atoms with Gasteiger partial charge < -0.3 is 19.4 Å². The van der Waals surface area contributed by atoms with E-state index < -0.39 is 0 Å². The molecule has 23 heavy (non-hydrogen) atoms. The summed E-state index contributed by atoms with van der Waals surface area (Å²) in [5, 5.41) is 0. The van der Waals surface area contributed by atoms with Gasteiger partial charge in [0.05, 0.1) is 5.69 Å². The third-order valence-corrected chi connectivity index (χ3v) is 3.84. The van der Waals surface area contributed by atoms with Gasteiger partial charge >= 0.3 is 0 Å². The fourth-order valence-electron chi connectivity index (χ4n) is 2.63. The fraction of sp³-hybridized carbons (Fsp3) is 0.556. The molecule has 126 valence electrons. The molecule has 0 aromatic carbocycles. The molecule has 1 N–H and O–H groups in total. The van der Waals surface area contributed by atoms with E-state index in [1.165, 1.54) is 27.7 Å². The summed E-state index contributed by atoms with van der Waals surface area (Å²) in [6, 6.07) is 0. The molecule has 0 bridgehead atoms. The number of aromatic nitrogens is 1. The molecule has 0 aliphatic rings. The van der Waals surface area contributed by atoms with Crippen LogP contribution in [0.3, 0.4) is 0 Å². The molecule has 0 unspecified atom stereocenters. The number of carbonyl (C=O) groups is 4. The van der Waals surface area contributed by atoms with Crippen molar-refractivity contribution in [1.29, 1.82) is 0 Å². The van der Waals surface area contributed by atoms with Crippen molar-refractivity contribution in [2.75, 3.05) is 0 Å². The zero-order valence-electron chi connectivity index (χ0n) is 14.4. The normalized spacial score (nSPS) is 10.6. The lowest BCUT2D eigenvalue weighted by Crippen LogP contribution is -2.04. The molecule has 5 heteroatoms. The average Bonchev–Trinajstić information content (AvgIpc) is 2.78. The number of hydrogen-bond donors (Lipinski definition) is 1. The number of rotatable bonds is 10. The molecule has 0 aliphatic carbocycles. The summed E-state index contributed by atoms with van der Waals surface area (Å²) in [4.78, 5) is 48.9. The Morgan fingerprint density at radius 2 is 1.13 bits per heavy atom. The van der Waals surface area contributed by atoms with Crippen LogP contribution in [0.5, 0.6) is 0 Å². The topological polar surface area (TPSA) is 84.1 Å². The number of H-pyrrole nitrogens is 1. The number of Topliss-reactive ketones (excluding diaryl/α,β-unsaturated/α-hetero) is 4.